The predicted molar refractivity (Wildman–Crippen MR) is 57.0 cm³/mol. The monoisotopic (exact) mass is 174 g/mol. The number of hydrogen-bond acceptors (Lipinski definition) is 0. The van der Waals surface area contributed by atoms with Gasteiger partial charge in [0.15, 0.2) is 0 Å². The van der Waals surface area contributed by atoms with Crippen LogP contribution in [0.1, 0.15) is 36.5 Å². The first kappa shape index (κ1) is 8.80. The molecule has 0 fully saturated rings. The molecule has 2 rings (SSSR count). The number of benzene rings is 1. The zero-order chi connectivity index (χ0) is 9.26. The molecule has 0 aromatic heterocycles. The maximum Gasteiger partial charge on any atom is -0.0248 e. The van der Waals surface area contributed by atoms with Crippen LogP contribution >= 0.6 is 0 Å². The van der Waals surface area contributed by atoms with Crippen LogP contribution in [0.3, 0.4) is 0 Å². The van der Waals surface area contributed by atoms with Crippen molar-refractivity contribution >= 4 is 0 Å². The molecule has 70 valence electrons. The summed E-state index contributed by atoms with van der Waals surface area (Å²) < 4.78 is 0. The smallest absolute Gasteiger partial charge is 0.0248 e. The highest BCUT2D eigenvalue weighted by Crippen LogP contribution is 2.27. The van der Waals surface area contributed by atoms with Gasteiger partial charge in [0.2, 0.25) is 0 Å². The van der Waals surface area contributed by atoms with E-state index in [0.717, 1.165) is 5.92 Å². The number of fused-ring (bicyclic) bond motifs is 1. The summed E-state index contributed by atoms with van der Waals surface area (Å²) in [5.41, 5.74) is 4.61. The summed E-state index contributed by atoms with van der Waals surface area (Å²) in [6.07, 6.45) is 5.35. The van der Waals surface area contributed by atoms with Crippen molar-refractivity contribution < 1.29 is 0 Å². The standard InChI is InChI=1S/C13H18/c1-3-11-5-7-12-6-4-10(2)8-13(12)9-11/h4,6,8,11H,3,5,7,9H2,1-2H3. The van der Waals surface area contributed by atoms with Crippen LogP contribution in [0.4, 0.5) is 0 Å². The van der Waals surface area contributed by atoms with E-state index in [4.69, 9.17) is 0 Å². The minimum atomic E-state index is 0.939. The van der Waals surface area contributed by atoms with Gasteiger partial charge in [0.05, 0.1) is 0 Å². The zero-order valence-electron chi connectivity index (χ0n) is 8.64. The van der Waals surface area contributed by atoms with Crippen LogP contribution in [0, 0.1) is 12.8 Å². The normalized spacial score (nSPS) is 21.2. The van der Waals surface area contributed by atoms with Gasteiger partial charge in [-0.1, -0.05) is 37.1 Å². The molecule has 1 aliphatic rings. The molecule has 0 aliphatic heterocycles. The number of rotatable bonds is 1. The molecule has 0 radical (unpaired) electrons. The summed E-state index contributed by atoms with van der Waals surface area (Å²) >= 11 is 0. The zero-order valence-corrected chi connectivity index (χ0v) is 8.64. The van der Waals surface area contributed by atoms with Crippen molar-refractivity contribution in [2.45, 2.75) is 39.5 Å². The van der Waals surface area contributed by atoms with Crippen molar-refractivity contribution in [2.75, 3.05) is 0 Å². The summed E-state index contributed by atoms with van der Waals surface area (Å²) in [5, 5.41) is 0. The van der Waals surface area contributed by atoms with E-state index in [1.54, 1.807) is 11.1 Å². The van der Waals surface area contributed by atoms with Crippen LogP contribution in [0.5, 0.6) is 0 Å². The molecule has 0 saturated heterocycles. The summed E-state index contributed by atoms with van der Waals surface area (Å²) in [5.74, 6) is 0.939. The second-order valence-electron chi connectivity index (χ2n) is 4.29. The van der Waals surface area contributed by atoms with Gasteiger partial charge in [-0.25, -0.2) is 0 Å². The minimum absolute atomic E-state index is 0.939. The second kappa shape index (κ2) is 3.53. The summed E-state index contributed by atoms with van der Waals surface area (Å²) in [6.45, 7) is 4.50. The van der Waals surface area contributed by atoms with Gasteiger partial charge in [0.1, 0.15) is 0 Å². The van der Waals surface area contributed by atoms with Crippen LogP contribution in [0.15, 0.2) is 18.2 Å². The minimum Gasteiger partial charge on any atom is -0.0651 e. The van der Waals surface area contributed by atoms with E-state index in [1.165, 1.54) is 31.2 Å². The van der Waals surface area contributed by atoms with Gasteiger partial charge < -0.3 is 0 Å². The molecule has 0 amide bonds. The molecular weight excluding hydrogens is 156 g/mol. The van der Waals surface area contributed by atoms with Crippen LogP contribution in [-0.2, 0) is 12.8 Å². The highest BCUT2D eigenvalue weighted by Gasteiger charge is 2.16. The summed E-state index contributed by atoms with van der Waals surface area (Å²) in [4.78, 5) is 0. The Balaban J connectivity index is 2.27. The lowest BCUT2D eigenvalue weighted by molar-refractivity contribution is 0.445. The first-order valence-corrected chi connectivity index (χ1v) is 5.38. The van der Waals surface area contributed by atoms with Gasteiger partial charge in [-0.2, -0.15) is 0 Å². The molecule has 1 unspecified atom stereocenters. The third kappa shape index (κ3) is 1.77. The molecule has 0 bridgehead atoms. The lowest BCUT2D eigenvalue weighted by Crippen LogP contribution is -2.13. The summed E-state index contributed by atoms with van der Waals surface area (Å²) in [7, 11) is 0. The van der Waals surface area contributed by atoms with Crippen molar-refractivity contribution in [1.29, 1.82) is 0 Å². The van der Waals surface area contributed by atoms with E-state index in [1.807, 2.05) is 0 Å². The van der Waals surface area contributed by atoms with Gasteiger partial charge in [-0.3, -0.25) is 0 Å². The Hall–Kier alpha value is -0.780. The molecule has 1 atom stereocenters. The predicted octanol–water partition coefficient (Wildman–Crippen LogP) is 3.51. The first-order chi connectivity index (χ1) is 6.29. The SMILES string of the molecule is CCC1CCc2ccc(C)cc2C1. The fourth-order valence-electron chi connectivity index (χ4n) is 2.31. The Morgan fingerprint density at radius 3 is 2.92 bits per heavy atom. The highest BCUT2D eigenvalue weighted by atomic mass is 14.2. The van der Waals surface area contributed by atoms with Gasteiger partial charge in [0.25, 0.3) is 0 Å². The van der Waals surface area contributed by atoms with E-state index in [9.17, 15) is 0 Å². The molecule has 0 saturated carbocycles. The quantitative estimate of drug-likeness (QED) is 0.611. The molecule has 1 aromatic carbocycles. The fraction of sp³-hybridized carbons (Fsp3) is 0.538. The third-order valence-electron chi connectivity index (χ3n) is 3.27. The van der Waals surface area contributed by atoms with Crippen molar-refractivity contribution in [2.24, 2.45) is 5.92 Å². The fourth-order valence-corrected chi connectivity index (χ4v) is 2.31. The lowest BCUT2D eigenvalue weighted by Gasteiger charge is -2.23. The van der Waals surface area contributed by atoms with Crippen molar-refractivity contribution in [1.82, 2.24) is 0 Å². The van der Waals surface area contributed by atoms with Crippen LogP contribution < -0.4 is 0 Å². The van der Waals surface area contributed by atoms with E-state index >= 15 is 0 Å². The number of aryl methyl sites for hydroxylation is 2. The molecule has 0 heterocycles. The Kier molecular flexibility index (Phi) is 2.39. The molecule has 0 spiro atoms. The lowest BCUT2D eigenvalue weighted by atomic mass is 9.82. The largest absolute Gasteiger partial charge is 0.0651 e. The Bertz CT molecular complexity index is 299. The Labute approximate surface area is 81.0 Å². The molecule has 13 heavy (non-hydrogen) atoms. The number of hydrogen-bond donors (Lipinski definition) is 0. The van der Waals surface area contributed by atoms with E-state index in [-0.39, 0.29) is 0 Å². The maximum absolute atomic E-state index is 2.37. The van der Waals surface area contributed by atoms with Crippen LogP contribution in [0.2, 0.25) is 0 Å². The Morgan fingerprint density at radius 1 is 1.31 bits per heavy atom. The molecule has 0 nitrogen and oxygen atoms in total. The topological polar surface area (TPSA) is 0 Å². The molecule has 0 N–H and O–H groups in total. The van der Waals surface area contributed by atoms with E-state index < -0.39 is 0 Å². The average molecular weight is 174 g/mol. The van der Waals surface area contributed by atoms with Gasteiger partial charge in [-0.05, 0) is 43.2 Å². The van der Waals surface area contributed by atoms with Crippen LogP contribution in [0.25, 0.3) is 0 Å². The maximum atomic E-state index is 2.37. The van der Waals surface area contributed by atoms with Crippen LogP contribution in [-0.4, -0.2) is 0 Å². The second-order valence-corrected chi connectivity index (χ2v) is 4.29. The van der Waals surface area contributed by atoms with Gasteiger partial charge in [0, 0.05) is 0 Å². The third-order valence-corrected chi connectivity index (χ3v) is 3.27. The molecule has 1 aromatic rings. The average Bonchev–Trinajstić information content (AvgIpc) is 2.16. The Morgan fingerprint density at radius 2 is 2.15 bits per heavy atom. The van der Waals surface area contributed by atoms with Crippen molar-refractivity contribution in [3.63, 3.8) is 0 Å². The molecule has 0 heteroatoms. The highest BCUT2D eigenvalue weighted by molar-refractivity contribution is 5.33. The van der Waals surface area contributed by atoms with Gasteiger partial charge in [-0.15, -0.1) is 0 Å². The van der Waals surface area contributed by atoms with E-state index in [2.05, 4.69) is 32.0 Å². The first-order valence-electron chi connectivity index (χ1n) is 5.38. The van der Waals surface area contributed by atoms with E-state index in [0.29, 0.717) is 0 Å². The molecule has 1 aliphatic carbocycles. The van der Waals surface area contributed by atoms with Crippen molar-refractivity contribution in [3.05, 3.63) is 34.9 Å². The van der Waals surface area contributed by atoms with Crippen molar-refractivity contribution in [3.8, 4) is 0 Å². The summed E-state index contributed by atoms with van der Waals surface area (Å²) in [6, 6.07) is 6.93. The van der Waals surface area contributed by atoms with Gasteiger partial charge >= 0.3 is 0 Å². The molecular formula is C13H18.